The molecule has 1 aliphatic rings. The lowest BCUT2D eigenvalue weighted by molar-refractivity contribution is -0.131. The van der Waals surface area contributed by atoms with Gasteiger partial charge in [-0.25, -0.2) is 13.2 Å². The molecule has 1 aromatic rings. The van der Waals surface area contributed by atoms with Crippen LogP contribution >= 0.6 is 0 Å². The lowest BCUT2D eigenvalue weighted by atomic mass is 10.2. The largest absolute Gasteiger partial charge is 0.478 e. The van der Waals surface area contributed by atoms with Crippen molar-refractivity contribution in [1.29, 1.82) is 0 Å². The van der Waals surface area contributed by atoms with Gasteiger partial charge in [0.15, 0.2) is 0 Å². The topological polar surface area (TPSA) is 83.9 Å². The monoisotopic (exact) mass is 311 g/mol. The highest BCUT2D eigenvalue weighted by Crippen LogP contribution is 2.19. The minimum absolute atomic E-state index is 0.164. The highest BCUT2D eigenvalue weighted by Gasteiger charge is 2.25. The zero-order valence-electron chi connectivity index (χ0n) is 11.4. The van der Waals surface area contributed by atoms with Crippen LogP contribution < -0.4 is 0 Å². The third kappa shape index (κ3) is 4.13. The van der Waals surface area contributed by atoms with Crippen LogP contribution in [-0.4, -0.2) is 50.1 Å². The Bertz CT molecular complexity index is 631. The summed E-state index contributed by atoms with van der Waals surface area (Å²) in [6, 6.07) is 6.24. The van der Waals surface area contributed by atoms with Gasteiger partial charge in [-0.1, -0.05) is 12.1 Å². The van der Waals surface area contributed by atoms with Crippen LogP contribution in [0, 0.1) is 0 Å². The summed E-state index contributed by atoms with van der Waals surface area (Å²) in [6.07, 6.45) is 3.01. The average Bonchev–Trinajstić information content (AvgIpc) is 2.75. The standard InChI is InChI=1S/C14H17NO5S/c16-14(17)6-5-12-3-1-4-13(11-12)21(18,19)15-7-2-9-20-10-8-15/h1,3-6,11H,2,7-10H2,(H,16,17). The van der Waals surface area contributed by atoms with Gasteiger partial charge in [-0.05, 0) is 30.2 Å². The van der Waals surface area contributed by atoms with Crippen LogP contribution in [0.15, 0.2) is 35.2 Å². The molecule has 1 aliphatic heterocycles. The molecular weight excluding hydrogens is 294 g/mol. The number of carboxylic acid groups (broad SMARTS) is 1. The summed E-state index contributed by atoms with van der Waals surface area (Å²) in [5.41, 5.74) is 0.532. The molecule has 21 heavy (non-hydrogen) atoms. The van der Waals surface area contributed by atoms with Crippen LogP contribution in [0.4, 0.5) is 0 Å². The third-order valence-electron chi connectivity index (χ3n) is 3.10. The predicted octanol–water partition coefficient (Wildman–Crippen LogP) is 1.20. The second kappa shape index (κ2) is 6.84. The minimum atomic E-state index is -3.57. The number of nitrogens with zero attached hydrogens (tertiary/aromatic N) is 1. The number of carbonyl (C=O) groups is 1. The van der Waals surface area contributed by atoms with Crippen LogP contribution in [0.5, 0.6) is 0 Å². The molecule has 6 nitrogen and oxygen atoms in total. The van der Waals surface area contributed by atoms with E-state index in [1.807, 2.05) is 0 Å². The van der Waals surface area contributed by atoms with E-state index in [1.165, 1.54) is 22.5 Å². The molecule has 2 rings (SSSR count). The van der Waals surface area contributed by atoms with Gasteiger partial charge in [0.1, 0.15) is 0 Å². The first-order valence-electron chi connectivity index (χ1n) is 6.59. The van der Waals surface area contributed by atoms with Gasteiger partial charge < -0.3 is 9.84 Å². The van der Waals surface area contributed by atoms with Crippen molar-refractivity contribution in [1.82, 2.24) is 4.31 Å². The lowest BCUT2D eigenvalue weighted by Crippen LogP contribution is -2.33. The molecule has 1 aromatic carbocycles. The van der Waals surface area contributed by atoms with Crippen molar-refractivity contribution in [3.8, 4) is 0 Å². The number of carboxylic acids is 1. The Morgan fingerprint density at radius 2 is 2.10 bits per heavy atom. The van der Waals surface area contributed by atoms with E-state index in [4.69, 9.17) is 9.84 Å². The van der Waals surface area contributed by atoms with E-state index in [0.29, 0.717) is 38.3 Å². The first-order chi connectivity index (χ1) is 10.00. The first kappa shape index (κ1) is 15.7. The SMILES string of the molecule is O=C(O)C=Cc1cccc(S(=O)(=O)N2CCCOCC2)c1. The van der Waals surface area contributed by atoms with E-state index in [-0.39, 0.29) is 4.90 Å². The van der Waals surface area contributed by atoms with Crippen molar-refractivity contribution < 1.29 is 23.1 Å². The molecule has 0 unspecified atom stereocenters. The molecule has 0 bridgehead atoms. The Morgan fingerprint density at radius 3 is 2.86 bits per heavy atom. The maximum Gasteiger partial charge on any atom is 0.328 e. The van der Waals surface area contributed by atoms with Gasteiger partial charge in [0.25, 0.3) is 0 Å². The molecule has 1 saturated heterocycles. The van der Waals surface area contributed by atoms with E-state index in [0.717, 1.165) is 6.08 Å². The Kier molecular flexibility index (Phi) is 5.11. The smallest absolute Gasteiger partial charge is 0.328 e. The summed E-state index contributed by atoms with van der Waals surface area (Å²) < 4.78 is 31.8. The zero-order chi connectivity index (χ0) is 15.3. The average molecular weight is 311 g/mol. The van der Waals surface area contributed by atoms with E-state index in [9.17, 15) is 13.2 Å². The maximum atomic E-state index is 12.6. The molecule has 0 spiro atoms. The number of sulfonamides is 1. The van der Waals surface area contributed by atoms with Gasteiger partial charge in [-0.3, -0.25) is 0 Å². The predicted molar refractivity (Wildman–Crippen MR) is 77.3 cm³/mol. The van der Waals surface area contributed by atoms with E-state index in [2.05, 4.69) is 0 Å². The fraction of sp³-hybridized carbons (Fsp3) is 0.357. The third-order valence-corrected chi connectivity index (χ3v) is 4.99. The fourth-order valence-corrected chi connectivity index (χ4v) is 3.58. The number of hydrogen-bond donors (Lipinski definition) is 1. The summed E-state index contributed by atoms with van der Waals surface area (Å²) in [4.78, 5) is 10.7. The van der Waals surface area contributed by atoms with Gasteiger partial charge in [-0.2, -0.15) is 4.31 Å². The van der Waals surface area contributed by atoms with Crippen molar-refractivity contribution in [3.05, 3.63) is 35.9 Å². The Hall–Kier alpha value is -1.70. The van der Waals surface area contributed by atoms with E-state index >= 15 is 0 Å². The molecule has 0 aliphatic carbocycles. The Balaban J connectivity index is 2.27. The second-order valence-corrected chi connectivity index (χ2v) is 6.55. The lowest BCUT2D eigenvalue weighted by Gasteiger charge is -2.19. The number of rotatable bonds is 4. The molecule has 1 fully saturated rings. The van der Waals surface area contributed by atoms with Crippen LogP contribution in [0.3, 0.4) is 0 Å². The molecule has 1 heterocycles. The highest BCUT2D eigenvalue weighted by molar-refractivity contribution is 7.89. The number of aliphatic carboxylic acids is 1. The van der Waals surface area contributed by atoms with Crippen molar-refractivity contribution in [2.45, 2.75) is 11.3 Å². The van der Waals surface area contributed by atoms with Crippen LogP contribution in [0.2, 0.25) is 0 Å². The summed E-state index contributed by atoms with van der Waals surface area (Å²) in [7, 11) is -3.57. The Labute approximate surface area is 123 Å². The van der Waals surface area contributed by atoms with Gasteiger partial charge >= 0.3 is 5.97 Å². The highest BCUT2D eigenvalue weighted by atomic mass is 32.2. The van der Waals surface area contributed by atoms with Gasteiger partial charge in [-0.15, -0.1) is 0 Å². The van der Waals surface area contributed by atoms with Crippen molar-refractivity contribution in [3.63, 3.8) is 0 Å². The van der Waals surface area contributed by atoms with Crippen molar-refractivity contribution >= 4 is 22.1 Å². The molecule has 0 amide bonds. The Morgan fingerprint density at radius 1 is 1.29 bits per heavy atom. The molecular formula is C14H17NO5S. The fourth-order valence-electron chi connectivity index (χ4n) is 2.06. The summed E-state index contributed by atoms with van der Waals surface area (Å²) in [5, 5.41) is 8.61. The van der Waals surface area contributed by atoms with Crippen molar-refractivity contribution in [2.75, 3.05) is 26.3 Å². The molecule has 0 aromatic heterocycles. The van der Waals surface area contributed by atoms with Crippen LogP contribution in [0.25, 0.3) is 6.08 Å². The van der Waals surface area contributed by atoms with Gasteiger partial charge in [0.05, 0.1) is 11.5 Å². The number of hydrogen-bond acceptors (Lipinski definition) is 4. The number of ether oxygens (including phenoxy) is 1. The van der Waals surface area contributed by atoms with E-state index < -0.39 is 16.0 Å². The molecule has 7 heteroatoms. The summed E-state index contributed by atoms with van der Waals surface area (Å²) >= 11 is 0. The molecule has 0 saturated carbocycles. The first-order valence-corrected chi connectivity index (χ1v) is 8.03. The van der Waals surface area contributed by atoms with Gasteiger partial charge in [0, 0.05) is 25.8 Å². The minimum Gasteiger partial charge on any atom is -0.478 e. The quantitative estimate of drug-likeness (QED) is 0.845. The molecule has 114 valence electrons. The van der Waals surface area contributed by atoms with Gasteiger partial charge in [0.2, 0.25) is 10.0 Å². The van der Waals surface area contributed by atoms with E-state index in [1.54, 1.807) is 12.1 Å². The normalized spacial score (nSPS) is 17.7. The molecule has 0 atom stereocenters. The van der Waals surface area contributed by atoms with Crippen molar-refractivity contribution in [2.24, 2.45) is 0 Å². The summed E-state index contributed by atoms with van der Waals surface area (Å²) in [6.45, 7) is 1.71. The number of benzene rings is 1. The molecule has 0 radical (unpaired) electrons. The molecule has 1 N–H and O–H groups in total. The zero-order valence-corrected chi connectivity index (χ0v) is 12.3. The maximum absolute atomic E-state index is 12.6. The summed E-state index contributed by atoms with van der Waals surface area (Å²) in [5.74, 6) is -1.08. The van der Waals surface area contributed by atoms with Crippen LogP contribution in [0.1, 0.15) is 12.0 Å². The van der Waals surface area contributed by atoms with Crippen LogP contribution in [-0.2, 0) is 19.6 Å². The second-order valence-electron chi connectivity index (χ2n) is 4.61.